The molecule has 1 fully saturated rings. The molecule has 1 saturated carbocycles. The third kappa shape index (κ3) is 7.74. The lowest BCUT2D eigenvalue weighted by atomic mass is 9.68. The van der Waals surface area contributed by atoms with E-state index in [1.807, 2.05) is 42.5 Å². The Hall–Kier alpha value is -4.00. The van der Waals surface area contributed by atoms with Crippen LogP contribution < -0.4 is 9.47 Å². The fourth-order valence-electron chi connectivity index (χ4n) is 5.92. The lowest BCUT2D eigenvalue weighted by molar-refractivity contribution is -0.130. The van der Waals surface area contributed by atoms with Crippen LogP contribution in [0.3, 0.4) is 0 Å². The van der Waals surface area contributed by atoms with Crippen LogP contribution in [0.4, 0.5) is 0 Å². The maximum absolute atomic E-state index is 12.0. The van der Waals surface area contributed by atoms with Crippen molar-refractivity contribution < 1.29 is 28.9 Å². The summed E-state index contributed by atoms with van der Waals surface area (Å²) >= 11 is 0. The Morgan fingerprint density at radius 2 is 1.34 bits per heavy atom. The van der Waals surface area contributed by atoms with Gasteiger partial charge in [0.15, 0.2) is 0 Å². The number of carbonyl (C=O) groups excluding carboxylic acids is 2. The number of aliphatic hydroxyl groups excluding tert-OH is 1. The standard InChI is InChI=1S/C38H44O6/c1-25(2)35(40)43-30-19-15-27(16-20-30)33(39)38(7)23-11-14-32(24-38)42-34(37(5,6)29-12-9-8-10-13-29)28-17-21-31(22-18-28)44-36(41)26(3)4/h8-10,12-13,15-22,32-34,39H,1,3,11,14,23-24H2,2,4-7H3. The summed E-state index contributed by atoms with van der Waals surface area (Å²) in [6.45, 7) is 17.0. The number of benzene rings is 3. The van der Waals surface area contributed by atoms with Crippen molar-refractivity contribution in [1.82, 2.24) is 0 Å². The molecule has 0 radical (unpaired) electrons. The van der Waals surface area contributed by atoms with E-state index >= 15 is 0 Å². The number of hydrogen-bond donors (Lipinski definition) is 1. The van der Waals surface area contributed by atoms with Crippen LogP contribution in [0.5, 0.6) is 11.5 Å². The summed E-state index contributed by atoms with van der Waals surface area (Å²) in [6, 6.07) is 24.8. The van der Waals surface area contributed by atoms with Crippen LogP contribution in [0.1, 0.15) is 89.2 Å². The third-order valence-electron chi connectivity index (χ3n) is 8.63. The Morgan fingerprint density at radius 1 is 0.841 bits per heavy atom. The lowest BCUT2D eigenvalue weighted by Gasteiger charge is -2.44. The van der Waals surface area contributed by atoms with E-state index in [-0.39, 0.29) is 17.6 Å². The highest BCUT2D eigenvalue weighted by Gasteiger charge is 2.42. The molecule has 0 heterocycles. The van der Waals surface area contributed by atoms with Crippen molar-refractivity contribution in [3.8, 4) is 11.5 Å². The first-order valence-electron chi connectivity index (χ1n) is 15.1. The van der Waals surface area contributed by atoms with Crippen LogP contribution in [0.2, 0.25) is 0 Å². The Kier molecular flexibility index (Phi) is 10.3. The molecule has 3 aromatic carbocycles. The number of hydrogen-bond acceptors (Lipinski definition) is 6. The van der Waals surface area contributed by atoms with Gasteiger partial charge in [-0.25, -0.2) is 9.59 Å². The van der Waals surface area contributed by atoms with Crippen LogP contribution in [-0.4, -0.2) is 23.1 Å². The van der Waals surface area contributed by atoms with Gasteiger partial charge in [-0.05, 0) is 74.1 Å². The van der Waals surface area contributed by atoms with Gasteiger partial charge in [0.2, 0.25) is 0 Å². The molecule has 6 heteroatoms. The van der Waals surface area contributed by atoms with E-state index in [1.165, 1.54) is 0 Å². The minimum atomic E-state index is -0.720. The summed E-state index contributed by atoms with van der Waals surface area (Å²) in [7, 11) is 0. The van der Waals surface area contributed by atoms with E-state index in [4.69, 9.17) is 14.2 Å². The predicted molar refractivity (Wildman–Crippen MR) is 172 cm³/mol. The predicted octanol–water partition coefficient (Wildman–Crippen LogP) is 8.37. The van der Waals surface area contributed by atoms with Crippen molar-refractivity contribution in [3.05, 3.63) is 120 Å². The van der Waals surface area contributed by atoms with E-state index in [0.29, 0.717) is 29.1 Å². The molecule has 0 spiro atoms. The first-order valence-corrected chi connectivity index (χ1v) is 15.1. The topological polar surface area (TPSA) is 82.1 Å². The van der Waals surface area contributed by atoms with Gasteiger partial charge < -0.3 is 19.3 Å². The van der Waals surface area contributed by atoms with Gasteiger partial charge in [0.25, 0.3) is 0 Å². The van der Waals surface area contributed by atoms with Gasteiger partial charge in [0.1, 0.15) is 11.5 Å². The average Bonchev–Trinajstić information content (AvgIpc) is 3.00. The normalized spacial score (nSPS) is 19.8. The fourth-order valence-corrected chi connectivity index (χ4v) is 5.92. The van der Waals surface area contributed by atoms with Crippen LogP contribution in [0, 0.1) is 5.41 Å². The van der Waals surface area contributed by atoms with E-state index in [2.05, 4.69) is 46.1 Å². The zero-order valence-corrected chi connectivity index (χ0v) is 26.5. The van der Waals surface area contributed by atoms with E-state index < -0.39 is 23.5 Å². The number of rotatable bonds is 11. The molecule has 0 bridgehead atoms. The molecule has 1 aliphatic carbocycles. The van der Waals surface area contributed by atoms with Gasteiger partial charge in [-0.3, -0.25) is 0 Å². The molecule has 4 unspecified atom stereocenters. The lowest BCUT2D eigenvalue weighted by Crippen LogP contribution is -2.39. The summed E-state index contributed by atoms with van der Waals surface area (Å²) in [4.78, 5) is 23.9. The zero-order valence-electron chi connectivity index (χ0n) is 26.5. The van der Waals surface area contributed by atoms with Crippen molar-refractivity contribution in [2.24, 2.45) is 5.41 Å². The second-order valence-electron chi connectivity index (χ2n) is 12.9. The van der Waals surface area contributed by atoms with Crippen LogP contribution in [-0.2, 0) is 19.7 Å². The molecule has 0 aromatic heterocycles. The van der Waals surface area contributed by atoms with Gasteiger partial charge in [-0.2, -0.15) is 0 Å². The van der Waals surface area contributed by atoms with Crippen LogP contribution in [0.15, 0.2) is 103 Å². The maximum Gasteiger partial charge on any atom is 0.338 e. The molecule has 6 nitrogen and oxygen atoms in total. The van der Waals surface area contributed by atoms with E-state index in [9.17, 15) is 14.7 Å². The summed E-state index contributed by atoms with van der Waals surface area (Å²) in [5, 5.41) is 11.6. The minimum absolute atomic E-state index is 0.0897. The highest BCUT2D eigenvalue weighted by Crippen LogP contribution is 2.49. The molecule has 0 amide bonds. The highest BCUT2D eigenvalue weighted by molar-refractivity contribution is 5.89. The zero-order chi connectivity index (χ0) is 32.1. The van der Waals surface area contributed by atoms with Crippen molar-refractivity contribution in [1.29, 1.82) is 0 Å². The van der Waals surface area contributed by atoms with Crippen LogP contribution in [0.25, 0.3) is 0 Å². The summed E-state index contributed by atoms with van der Waals surface area (Å²) < 4.78 is 17.8. The van der Waals surface area contributed by atoms with Crippen molar-refractivity contribution in [2.45, 2.75) is 84.0 Å². The number of carbonyl (C=O) groups is 2. The largest absolute Gasteiger partial charge is 0.423 e. The van der Waals surface area contributed by atoms with Crippen molar-refractivity contribution in [2.75, 3.05) is 0 Å². The number of esters is 2. The summed E-state index contributed by atoms with van der Waals surface area (Å²) in [6.07, 6.45) is 2.22. The van der Waals surface area contributed by atoms with Gasteiger partial charge in [0, 0.05) is 22.0 Å². The number of ether oxygens (including phenoxy) is 3. The second-order valence-corrected chi connectivity index (χ2v) is 12.9. The Bertz CT molecular complexity index is 1470. The van der Waals surface area contributed by atoms with Gasteiger partial charge in [-0.15, -0.1) is 0 Å². The Labute approximate surface area is 261 Å². The maximum atomic E-state index is 12.0. The SMILES string of the molecule is C=C(C)C(=O)Oc1ccc(C(O)C2(C)CCCC(OC(c3ccc(OC(=O)C(=C)C)cc3)C(C)(C)c3ccccc3)C2)cc1. The third-order valence-corrected chi connectivity index (χ3v) is 8.63. The summed E-state index contributed by atoms with van der Waals surface area (Å²) in [5.74, 6) is -0.0760. The number of aliphatic hydroxyl groups is 1. The van der Waals surface area contributed by atoms with E-state index in [1.54, 1.807) is 38.1 Å². The monoisotopic (exact) mass is 596 g/mol. The van der Waals surface area contributed by atoms with Crippen LogP contribution >= 0.6 is 0 Å². The molecule has 3 aromatic rings. The van der Waals surface area contributed by atoms with Gasteiger partial charge in [0.05, 0.1) is 18.3 Å². The Morgan fingerprint density at radius 3 is 1.84 bits per heavy atom. The first-order chi connectivity index (χ1) is 20.8. The molecule has 1 N–H and O–H groups in total. The van der Waals surface area contributed by atoms with E-state index in [0.717, 1.165) is 36.0 Å². The molecule has 44 heavy (non-hydrogen) atoms. The molecule has 232 valence electrons. The highest BCUT2D eigenvalue weighted by atomic mass is 16.5. The first kappa shape index (κ1) is 32.9. The van der Waals surface area contributed by atoms with Gasteiger partial charge >= 0.3 is 11.9 Å². The van der Waals surface area contributed by atoms with Gasteiger partial charge in [-0.1, -0.05) is 94.9 Å². The smallest absolute Gasteiger partial charge is 0.338 e. The molecular weight excluding hydrogens is 552 g/mol. The minimum Gasteiger partial charge on any atom is -0.423 e. The molecule has 0 aliphatic heterocycles. The molecule has 1 aliphatic rings. The molecular formula is C38H44O6. The molecule has 4 atom stereocenters. The van der Waals surface area contributed by atoms with Crippen molar-refractivity contribution in [3.63, 3.8) is 0 Å². The molecule has 4 rings (SSSR count). The Balaban J connectivity index is 1.56. The average molecular weight is 597 g/mol. The van der Waals surface area contributed by atoms with Crippen molar-refractivity contribution >= 4 is 11.9 Å². The quantitative estimate of drug-likeness (QED) is 0.136. The fraction of sp³-hybridized carbons (Fsp3) is 0.368. The summed E-state index contributed by atoms with van der Waals surface area (Å²) in [5.41, 5.74) is 2.75. The molecule has 0 saturated heterocycles. The second kappa shape index (κ2) is 13.7.